The molecule has 1 atom stereocenters. The SMILES string of the molecule is PC1=NCCO1.[Pd]. The van der Waals surface area contributed by atoms with Gasteiger partial charge in [0.2, 0.25) is 0 Å². The van der Waals surface area contributed by atoms with Crippen LogP contribution in [0.4, 0.5) is 0 Å². The first-order chi connectivity index (χ1) is 2.89. The monoisotopic (exact) mass is 209 g/mol. The van der Waals surface area contributed by atoms with E-state index in [1.807, 2.05) is 0 Å². The van der Waals surface area contributed by atoms with E-state index in [0.29, 0.717) is 0 Å². The predicted octanol–water partition coefficient (Wildman–Crippen LogP) is 0.245. The van der Waals surface area contributed by atoms with Gasteiger partial charge in [0.15, 0.2) is 5.64 Å². The van der Waals surface area contributed by atoms with Gasteiger partial charge in [-0.15, -0.1) is 0 Å². The Kier molecular flexibility index (Phi) is 3.84. The molecule has 0 bridgehead atoms. The number of nitrogens with zero attached hydrogens (tertiary/aromatic N) is 1. The summed E-state index contributed by atoms with van der Waals surface area (Å²) in [5.41, 5.74) is 0.745. The Morgan fingerprint density at radius 2 is 2.43 bits per heavy atom. The van der Waals surface area contributed by atoms with E-state index < -0.39 is 0 Å². The molecular weight excluding hydrogens is 203 g/mol. The summed E-state index contributed by atoms with van der Waals surface area (Å²) in [4.78, 5) is 3.89. The van der Waals surface area contributed by atoms with Crippen molar-refractivity contribution in [2.75, 3.05) is 13.2 Å². The molecule has 7 heavy (non-hydrogen) atoms. The average Bonchev–Trinajstić information content (AvgIpc) is 1.86. The van der Waals surface area contributed by atoms with Gasteiger partial charge in [-0.1, -0.05) is 0 Å². The maximum Gasteiger partial charge on any atom is 0.199 e. The van der Waals surface area contributed by atoms with Gasteiger partial charge in [0.05, 0.1) is 6.54 Å². The van der Waals surface area contributed by atoms with E-state index in [2.05, 4.69) is 14.2 Å². The average molecular weight is 209 g/mol. The molecule has 0 spiro atoms. The van der Waals surface area contributed by atoms with Crippen molar-refractivity contribution in [3.8, 4) is 0 Å². The van der Waals surface area contributed by atoms with Crippen molar-refractivity contribution in [2.24, 2.45) is 4.99 Å². The van der Waals surface area contributed by atoms with Crippen LogP contribution in [0.25, 0.3) is 0 Å². The molecule has 0 saturated heterocycles. The summed E-state index contributed by atoms with van der Waals surface area (Å²) in [6.07, 6.45) is 0. The van der Waals surface area contributed by atoms with Gasteiger partial charge in [-0.05, 0) is 9.24 Å². The summed E-state index contributed by atoms with van der Waals surface area (Å²) in [6.45, 7) is 1.59. The minimum Gasteiger partial charge on any atom is -0.476 e. The summed E-state index contributed by atoms with van der Waals surface area (Å²) in [6, 6.07) is 0. The first-order valence-corrected chi connectivity index (χ1v) is 2.40. The van der Waals surface area contributed by atoms with Crippen molar-refractivity contribution in [3.63, 3.8) is 0 Å². The largest absolute Gasteiger partial charge is 0.476 e. The second-order valence-corrected chi connectivity index (χ2v) is 1.56. The van der Waals surface area contributed by atoms with Crippen molar-refractivity contribution in [1.82, 2.24) is 0 Å². The van der Waals surface area contributed by atoms with E-state index in [1.54, 1.807) is 0 Å². The van der Waals surface area contributed by atoms with Gasteiger partial charge in [-0.3, -0.25) is 0 Å². The number of aliphatic imine (C=N–C) groups is 1. The molecule has 44 valence electrons. The van der Waals surface area contributed by atoms with Crippen LogP contribution in [0.15, 0.2) is 4.99 Å². The van der Waals surface area contributed by atoms with Crippen LogP contribution in [0.2, 0.25) is 0 Å². The molecule has 0 fully saturated rings. The van der Waals surface area contributed by atoms with Crippen LogP contribution in [0.5, 0.6) is 0 Å². The number of rotatable bonds is 0. The van der Waals surface area contributed by atoms with Gasteiger partial charge >= 0.3 is 0 Å². The minimum absolute atomic E-state index is 0. The molecule has 0 aromatic rings. The van der Waals surface area contributed by atoms with Crippen LogP contribution in [-0.2, 0) is 25.2 Å². The quantitative estimate of drug-likeness (QED) is 0.414. The fourth-order valence-electron chi connectivity index (χ4n) is 0.352. The maximum atomic E-state index is 4.87. The van der Waals surface area contributed by atoms with E-state index in [0.717, 1.165) is 18.8 Å². The molecule has 0 amide bonds. The number of hydrogen-bond acceptors (Lipinski definition) is 2. The third kappa shape index (κ3) is 2.39. The molecule has 0 saturated carbocycles. The van der Waals surface area contributed by atoms with Gasteiger partial charge < -0.3 is 4.74 Å². The maximum absolute atomic E-state index is 4.87. The summed E-state index contributed by atoms with van der Waals surface area (Å²) >= 11 is 0. The first kappa shape index (κ1) is 7.56. The van der Waals surface area contributed by atoms with Crippen LogP contribution in [0.3, 0.4) is 0 Å². The third-order valence-electron chi connectivity index (χ3n) is 0.609. The summed E-state index contributed by atoms with van der Waals surface area (Å²) in [5.74, 6) is 0. The summed E-state index contributed by atoms with van der Waals surface area (Å²) < 4.78 is 4.87. The Morgan fingerprint density at radius 1 is 1.71 bits per heavy atom. The zero-order valence-corrected chi connectivity index (χ0v) is 6.37. The van der Waals surface area contributed by atoms with Crippen molar-refractivity contribution in [3.05, 3.63) is 0 Å². The molecule has 0 aromatic heterocycles. The Balaban J connectivity index is 0.000000360. The molecule has 1 rings (SSSR count). The fourth-order valence-corrected chi connectivity index (χ4v) is 0.599. The molecular formula is C3H6NOPPd. The molecule has 1 aliphatic rings. The zero-order chi connectivity index (χ0) is 4.41. The molecule has 1 aliphatic heterocycles. The second kappa shape index (κ2) is 3.55. The topological polar surface area (TPSA) is 21.6 Å². The fraction of sp³-hybridized carbons (Fsp3) is 0.667. The summed E-state index contributed by atoms with van der Waals surface area (Å²) in [5, 5.41) is 0. The van der Waals surface area contributed by atoms with Crippen LogP contribution in [0.1, 0.15) is 0 Å². The van der Waals surface area contributed by atoms with Crippen molar-refractivity contribution >= 4 is 14.9 Å². The van der Waals surface area contributed by atoms with E-state index >= 15 is 0 Å². The standard InChI is InChI=1S/C3H6NOP.Pd/c6-3-4-1-2-5-3;/h1-2,6H2;. The van der Waals surface area contributed by atoms with Crippen molar-refractivity contribution in [1.29, 1.82) is 0 Å². The number of hydrogen-bond donors (Lipinski definition) is 0. The van der Waals surface area contributed by atoms with Crippen LogP contribution in [-0.4, -0.2) is 18.8 Å². The molecule has 0 radical (unpaired) electrons. The van der Waals surface area contributed by atoms with Gasteiger partial charge in [-0.2, -0.15) is 0 Å². The van der Waals surface area contributed by atoms with Crippen molar-refractivity contribution < 1.29 is 25.2 Å². The second-order valence-electron chi connectivity index (χ2n) is 1.07. The third-order valence-corrected chi connectivity index (χ3v) is 0.958. The van der Waals surface area contributed by atoms with Crippen LogP contribution in [0, 0.1) is 0 Å². The summed E-state index contributed by atoms with van der Waals surface area (Å²) in [7, 11) is 2.40. The molecule has 0 N–H and O–H groups in total. The molecule has 1 heterocycles. The molecule has 4 heteroatoms. The Bertz CT molecular complexity index is 85.0. The normalized spacial score (nSPS) is 17.0. The van der Waals surface area contributed by atoms with Gasteiger partial charge in [-0.25, -0.2) is 4.99 Å². The molecule has 0 aliphatic carbocycles. The Labute approximate surface area is 58.6 Å². The number of ether oxygens (including phenoxy) is 1. The van der Waals surface area contributed by atoms with Gasteiger partial charge in [0.1, 0.15) is 6.61 Å². The van der Waals surface area contributed by atoms with E-state index in [1.165, 1.54) is 0 Å². The van der Waals surface area contributed by atoms with E-state index in [-0.39, 0.29) is 20.4 Å². The Morgan fingerprint density at radius 3 is 2.57 bits per heavy atom. The van der Waals surface area contributed by atoms with Crippen LogP contribution < -0.4 is 0 Å². The molecule has 2 nitrogen and oxygen atoms in total. The predicted molar refractivity (Wildman–Crippen MR) is 28.0 cm³/mol. The minimum atomic E-state index is 0. The van der Waals surface area contributed by atoms with Crippen molar-refractivity contribution in [2.45, 2.75) is 0 Å². The Hall–Kier alpha value is 0.562. The van der Waals surface area contributed by atoms with Gasteiger partial charge in [0.25, 0.3) is 0 Å². The van der Waals surface area contributed by atoms with Crippen LogP contribution >= 0.6 is 9.24 Å². The van der Waals surface area contributed by atoms with Gasteiger partial charge in [0, 0.05) is 20.4 Å². The zero-order valence-electron chi connectivity index (χ0n) is 3.66. The molecule has 0 aromatic carbocycles. The van der Waals surface area contributed by atoms with E-state index in [9.17, 15) is 0 Å². The van der Waals surface area contributed by atoms with E-state index in [4.69, 9.17) is 4.74 Å². The first-order valence-electron chi connectivity index (χ1n) is 1.82. The molecule has 1 unspecified atom stereocenters. The smallest absolute Gasteiger partial charge is 0.199 e.